The maximum absolute atomic E-state index is 14.7. The number of hydrogen-bond donors (Lipinski definition) is 1. The van der Waals surface area contributed by atoms with Gasteiger partial charge in [-0.2, -0.15) is 13.2 Å². The Morgan fingerprint density at radius 2 is 1.97 bits per heavy atom. The Hall–Kier alpha value is -2.67. The van der Waals surface area contributed by atoms with Crippen LogP contribution in [-0.4, -0.2) is 55.4 Å². The molecule has 0 amide bonds. The number of pyridine rings is 1. The molecule has 1 aliphatic heterocycles. The minimum Gasteiger partial charge on any atom is -0.355 e. The van der Waals surface area contributed by atoms with E-state index in [4.69, 9.17) is 0 Å². The van der Waals surface area contributed by atoms with Crippen LogP contribution in [0.25, 0.3) is 17.2 Å². The minimum absolute atomic E-state index is 0.0283. The Labute approximate surface area is 188 Å². The molecule has 13 heteroatoms. The van der Waals surface area contributed by atoms with Gasteiger partial charge in [-0.05, 0) is 18.2 Å². The third kappa shape index (κ3) is 4.69. The van der Waals surface area contributed by atoms with Crippen LogP contribution < -0.4 is 9.62 Å². The molecule has 1 fully saturated rings. The standard InChI is InChI=1S/C20H21F5N6OS/c1-12-9-30(10-14(19(12,21)22)7-28-33(2)32)17-5-6-26-18(29-17)15-8-27-16-4-3-13(11-31(15)16)20(23,24)25/h3-6,8,11-12,14,28H,7,9-10H2,1-2H3/t12-,14+,33?/m0/s1. The van der Waals surface area contributed by atoms with Crippen molar-refractivity contribution < 1.29 is 26.2 Å². The van der Waals surface area contributed by atoms with Gasteiger partial charge in [-0.3, -0.25) is 4.40 Å². The zero-order valence-corrected chi connectivity index (χ0v) is 18.5. The molecule has 0 bridgehead atoms. The van der Waals surface area contributed by atoms with E-state index in [-0.39, 0.29) is 36.8 Å². The van der Waals surface area contributed by atoms with Gasteiger partial charge >= 0.3 is 6.18 Å². The summed E-state index contributed by atoms with van der Waals surface area (Å²) in [6.45, 7) is 1.29. The second kappa shape index (κ2) is 8.60. The van der Waals surface area contributed by atoms with Gasteiger partial charge in [0, 0.05) is 44.2 Å². The molecule has 4 heterocycles. The van der Waals surface area contributed by atoms with Gasteiger partial charge in [-0.15, -0.1) is 0 Å². The van der Waals surface area contributed by atoms with Crippen molar-refractivity contribution in [3.05, 3.63) is 42.4 Å². The number of hydrogen-bond acceptors (Lipinski definition) is 5. The molecule has 1 saturated heterocycles. The molecule has 0 radical (unpaired) electrons. The van der Waals surface area contributed by atoms with Crippen LogP contribution >= 0.6 is 0 Å². The maximum Gasteiger partial charge on any atom is 0.417 e. The first kappa shape index (κ1) is 23.5. The molecule has 0 saturated carbocycles. The molecule has 178 valence electrons. The smallest absolute Gasteiger partial charge is 0.355 e. The van der Waals surface area contributed by atoms with Gasteiger partial charge in [0.25, 0.3) is 5.92 Å². The zero-order valence-electron chi connectivity index (χ0n) is 17.7. The first-order valence-electron chi connectivity index (χ1n) is 10.0. The summed E-state index contributed by atoms with van der Waals surface area (Å²) in [5.41, 5.74) is -0.314. The van der Waals surface area contributed by atoms with Crippen LogP contribution in [0.15, 0.2) is 36.8 Å². The second-order valence-corrected chi connectivity index (χ2v) is 9.20. The number of alkyl halides is 5. The summed E-state index contributed by atoms with van der Waals surface area (Å²) in [4.78, 5) is 14.4. The van der Waals surface area contributed by atoms with Crippen LogP contribution in [0, 0.1) is 11.8 Å². The lowest BCUT2D eigenvalue weighted by molar-refractivity contribution is -0.137. The highest BCUT2D eigenvalue weighted by Crippen LogP contribution is 2.39. The molecule has 1 unspecified atom stereocenters. The third-order valence-corrected chi connectivity index (χ3v) is 6.27. The van der Waals surface area contributed by atoms with E-state index < -0.39 is 40.5 Å². The molecule has 1 N–H and O–H groups in total. The van der Waals surface area contributed by atoms with Gasteiger partial charge in [0.1, 0.15) is 17.2 Å². The zero-order chi connectivity index (χ0) is 24.0. The van der Waals surface area contributed by atoms with Gasteiger partial charge in [-0.25, -0.2) is 32.7 Å². The SMILES string of the molecule is C[C@H]1CN(c2ccnc(-c3cnc4ccc(C(F)(F)F)cn34)n2)C[C@@H](CNS(C)=O)C1(F)F. The van der Waals surface area contributed by atoms with Gasteiger partial charge in [-0.1, -0.05) is 6.92 Å². The van der Waals surface area contributed by atoms with Crippen LogP contribution in [0.5, 0.6) is 0 Å². The van der Waals surface area contributed by atoms with E-state index in [2.05, 4.69) is 19.7 Å². The van der Waals surface area contributed by atoms with Crippen molar-refractivity contribution in [3.8, 4) is 11.5 Å². The fourth-order valence-electron chi connectivity index (χ4n) is 3.88. The Kier molecular flexibility index (Phi) is 6.12. The summed E-state index contributed by atoms with van der Waals surface area (Å²) >= 11 is 0. The van der Waals surface area contributed by atoms with Gasteiger partial charge in [0.2, 0.25) is 0 Å². The highest BCUT2D eigenvalue weighted by atomic mass is 32.2. The normalized spacial score (nSPS) is 22.0. The summed E-state index contributed by atoms with van der Waals surface area (Å²) in [6.07, 6.45) is 0.558. The lowest BCUT2D eigenvalue weighted by Crippen LogP contribution is -2.55. The summed E-state index contributed by atoms with van der Waals surface area (Å²) in [7, 11) is -1.43. The first-order chi connectivity index (χ1) is 15.5. The predicted octanol–water partition coefficient (Wildman–Crippen LogP) is 3.40. The van der Waals surface area contributed by atoms with E-state index in [0.717, 1.165) is 12.3 Å². The number of nitrogens with zero attached hydrogens (tertiary/aromatic N) is 5. The summed E-state index contributed by atoms with van der Waals surface area (Å²) in [5, 5.41) is 0. The molecule has 0 aliphatic carbocycles. The summed E-state index contributed by atoms with van der Waals surface area (Å²) in [5.74, 6) is -4.57. The minimum atomic E-state index is -4.53. The van der Waals surface area contributed by atoms with Crippen LogP contribution in [0.3, 0.4) is 0 Å². The number of fused-ring (bicyclic) bond motifs is 1. The number of halogens is 5. The van der Waals surface area contributed by atoms with Gasteiger partial charge < -0.3 is 4.90 Å². The fourth-order valence-corrected chi connectivity index (χ4v) is 4.32. The molecule has 3 atom stereocenters. The molecule has 0 aromatic carbocycles. The average Bonchev–Trinajstić information content (AvgIpc) is 3.17. The molecule has 1 aliphatic rings. The van der Waals surface area contributed by atoms with E-state index in [1.807, 2.05) is 0 Å². The van der Waals surface area contributed by atoms with Crippen LogP contribution in [0.2, 0.25) is 0 Å². The molecule has 33 heavy (non-hydrogen) atoms. The van der Waals surface area contributed by atoms with Crippen molar-refractivity contribution >= 4 is 22.5 Å². The van der Waals surface area contributed by atoms with E-state index in [0.29, 0.717) is 5.82 Å². The van der Waals surface area contributed by atoms with Crippen molar-refractivity contribution in [1.82, 2.24) is 24.1 Å². The van der Waals surface area contributed by atoms with Crippen LogP contribution in [-0.2, 0) is 17.2 Å². The van der Waals surface area contributed by atoms with Crippen molar-refractivity contribution in [2.45, 2.75) is 19.0 Å². The largest absolute Gasteiger partial charge is 0.417 e. The Morgan fingerprint density at radius 3 is 2.67 bits per heavy atom. The van der Waals surface area contributed by atoms with Crippen molar-refractivity contribution in [1.29, 1.82) is 0 Å². The van der Waals surface area contributed by atoms with E-state index >= 15 is 0 Å². The second-order valence-electron chi connectivity index (χ2n) is 8.01. The summed E-state index contributed by atoms with van der Waals surface area (Å²) < 4.78 is 84.0. The van der Waals surface area contributed by atoms with Gasteiger partial charge in [0.05, 0.1) is 28.7 Å². The maximum atomic E-state index is 14.7. The molecule has 7 nitrogen and oxygen atoms in total. The first-order valence-corrected chi connectivity index (χ1v) is 11.6. The Morgan fingerprint density at radius 1 is 1.21 bits per heavy atom. The van der Waals surface area contributed by atoms with E-state index in [1.54, 1.807) is 11.0 Å². The number of anilines is 1. The lowest BCUT2D eigenvalue weighted by Gasteiger charge is -2.43. The monoisotopic (exact) mass is 488 g/mol. The average molecular weight is 488 g/mol. The molecule has 4 rings (SSSR count). The predicted molar refractivity (Wildman–Crippen MR) is 113 cm³/mol. The van der Waals surface area contributed by atoms with E-state index in [9.17, 15) is 26.2 Å². The fraction of sp³-hybridized carbons (Fsp3) is 0.450. The van der Waals surface area contributed by atoms with Crippen LogP contribution in [0.4, 0.5) is 27.8 Å². The lowest BCUT2D eigenvalue weighted by atomic mass is 9.86. The Balaban J connectivity index is 1.66. The number of rotatable bonds is 5. The Bertz CT molecular complexity index is 1180. The number of aromatic nitrogens is 4. The third-order valence-electron chi connectivity index (χ3n) is 5.70. The molecule has 3 aromatic heterocycles. The molecular formula is C20H21F5N6OS. The highest BCUT2D eigenvalue weighted by molar-refractivity contribution is 7.82. The van der Waals surface area contributed by atoms with Crippen LogP contribution in [0.1, 0.15) is 12.5 Å². The number of imidazole rings is 1. The quantitative estimate of drug-likeness (QED) is 0.558. The molecule has 3 aromatic rings. The van der Waals surface area contributed by atoms with Crippen molar-refractivity contribution in [2.24, 2.45) is 11.8 Å². The topological polar surface area (TPSA) is 75.4 Å². The number of piperidine rings is 1. The highest BCUT2D eigenvalue weighted by Gasteiger charge is 2.49. The summed E-state index contributed by atoms with van der Waals surface area (Å²) in [6, 6.07) is 3.75. The molecular weight excluding hydrogens is 467 g/mol. The van der Waals surface area contributed by atoms with Crippen molar-refractivity contribution in [3.63, 3.8) is 0 Å². The van der Waals surface area contributed by atoms with Crippen molar-refractivity contribution in [2.75, 3.05) is 30.8 Å². The molecule has 0 spiro atoms. The number of nitrogens with one attached hydrogen (secondary N) is 1. The van der Waals surface area contributed by atoms with E-state index in [1.165, 1.54) is 36.0 Å². The van der Waals surface area contributed by atoms with Gasteiger partial charge in [0.15, 0.2) is 5.82 Å².